The van der Waals surface area contributed by atoms with Crippen LogP contribution in [0.5, 0.6) is 0 Å². The van der Waals surface area contributed by atoms with Gasteiger partial charge in [-0.25, -0.2) is 4.98 Å². The lowest BCUT2D eigenvalue weighted by Gasteiger charge is -2.01. The third kappa shape index (κ3) is 3.26. The molecule has 1 heterocycles. The van der Waals surface area contributed by atoms with Crippen molar-refractivity contribution in [2.45, 2.75) is 6.92 Å². The molecule has 0 aliphatic heterocycles. The molecule has 0 aliphatic carbocycles. The highest BCUT2D eigenvalue weighted by Gasteiger charge is 2.06. The van der Waals surface area contributed by atoms with Gasteiger partial charge in [-0.05, 0) is 35.0 Å². The van der Waals surface area contributed by atoms with Crippen LogP contribution in [-0.4, -0.2) is 23.2 Å². The van der Waals surface area contributed by atoms with Gasteiger partial charge in [0, 0.05) is 10.7 Å². The van der Waals surface area contributed by atoms with Crippen molar-refractivity contribution in [1.82, 2.24) is 10.3 Å². The van der Waals surface area contributed by atoms with Gasteiger partial charge in [0.05, 0.1) is 6.54 Å². The largest absolute Gasteiger partial charge is 0.344 e. The smallest absolute Gasteiger partial charge is 0.270 e. The average molecular weight is 257 g/mol. The summed E-state index contributed by atoms with van der Waals surface area (Å²) in [5.74, 6) is -0.428. The van der Waals surface area contributed by atoms with Crippen molar-refractivity contribution in [3.05, 3.63) is 28.5 Å². The normalized spacial score (nSPS) is 9.57. The monoisotopic (exact) mass is 256 g/mol. The summed E-state index contributed by atoms with van der Waals surface area (Å²) in [6.45, 7) is 1.45. The van der Waals surface area contributed by atoms with E-state index in [2.05, 4.69) is 26.2 Å². The first-order valence-electron chi connectivity index (χ1n) is 3.99. The van der Waals surface area contributed by atoms with E-state index in [9.17, 15) is 9.59 Å². The standard InChI is InChI=1S/C9H9BrN2O2/c1-6(13)4-12-9(14)8-3-2-7(10)5-11-8/h2-3,5H,4H2,1H3,(H,12,14). The summed E-state index contributed by atoms with van der Waals surface area (Å²) in [7, 11) is 0. The maximum Gasteiger partial charge on any atom is 0.270 e. The minimum atomic E-state index is -0.340. The molecule has 4 nitrogen and oxygen atoms in total. The van der Waals surface area contributed by atoms with E-state index in [0.29, 0.717) is 5.69 Å². The highest BCUT2D eigenvalue weighted by Crippen LogP contribution is 2.06. The fourth-order valence-electron chi connectivity index (χ4n) is 0.805. The van der Waals surface area contributed by atoms with Crippen LogP contribution in [-0.2, 0) is 4.79 Å². The van der Waals surface area contributed by atoms with Crippen LogP contribution >= 0.6 is 15.9 Å². The lowest BCUT2D eigenvalue weighted by atomic mass is 10.3. The Balaban J connectivity index is 2.61. The van der Waals surface area contributed by atoms with Gasteiger partial charge >= 0.3 is 0 Å². The van der Waals surface area contributed by atoms with Crippen LogP contribution in [0.1, 0.15) is 17.4 Å². The number of rotatable bonds is 3. The molecular formula is C9H9BrN2O2. The summed E-state index contributed by atoms with van der Waals surface area (Å²) in [5.41, 5.74) is 0.300. The van der Waals surface area contributed by atoms with Gasteiger partial charge in [0.2, 0.25) is 0 Å². The Hall–Kier alpha value is -1.23. The Labute approximate surface area is 89.9 Å². The molecule has 0 aliphatic rings. The quantitative estimate of drug-likeness (QED) is 0.883. The molecule has 0 saturated carbocycles. The number of carbonyl (C=O) groups is 2. The zero-order valence-corrected chi connectivity index (χ0v) is 9.17. The van der Waals surface area contributed by atoms with Crippen LogP contribution < -0.4 is 5.32 Å². The van der Waals surface area contributed by atoms with E-state index in [1.54, 1.807) is 12.1 Å². The summed E-state index contributed by atoms with van der Waals surface area (Å²) in [6, 6.07) is 3.30. The van der Waals surface area contributed by atoms with Crippen LogP contribution in [0.25, 0.3) is 0 Å². The molecule has 0 atom stereocenters. The van der Waals surface area contributed by atoms with Crippen LogP contribution in [0.4, 0.5) is 0 Å². The first-order valence-corrected chi connectivity index (χ1v) is 4.78. The number of amides is 1. The van der Waals surface area contributed by atoms with Crippen molar-refractivity contribution >= 4 is 27.6 Å². The first-order chi connectivity index (χ1) is 6.59. The van der Waals surface area contributed by atoms with Crippen LogP contribution in [0.3, 0.4) is 0 Å². The zero-order chi connectivity index (χ0) is 10.6. The molecule has 14 heavy (non-hydrogen) atoms. The number of hydrogen-bond acceptors (Lipinski definition) is 3. The van der Waals surface area contributed by atoms with E-state index >= 15 is 0 Å². The predicted octanol–water partition coefficient (Wildman–Crippen LogP) is 1.16. The van der Waals surface area contributed by atoms with Crippen LogP contribution in [0.15, 0.2) is 22.8 Å². The predicted molar refractivity (Wildman–Crippen MR) is 55.0 cm³/mol. The third-order valence-corrected chi connectivity index (χ3v) is 1.93. The Kier molecular flexibility index (Phi) is 3.76. The molecular weight excluding hydrogens is 248 g/mol. The molecule has 0 fully saturated rings. The number of hydrogen-bond donors (Lipinski definition) is 1. The van der Waals surface area contributed by atoms with Crippen molar-refractivity contribution < 1.29 is 9.59 Å². The van der Waals surface area contributed by atoms with E-state index in [-0.39, 0.29) is 18.2 Å². The number of nitrogens with zero attached hydrogens (tertiary/aromatic N) is 1. The van der Waals surface area contributed by atoms with Gasteiger partial charge in [0.15, 0.2) is 0 Å². The van der Waals surface area contributed by atoms with E-state index in [4.69, 9.17) is 0 Å². The highest BCUT2D eigenvalue weighted by molar-refractivity contribution is 9.10. The van der Waals surface area contributed by atoms with E-state index in [0.717, 1.165) is 4.47 Å². The summed E-state index contributed by atoms with van der Waals surface area (Å²) in [5, 5.41) is 2.45. The van der Waals surface area contributed by atoms with Gasteiger partial charge in [-0.15, -0.1) is 0 Å². The molecule has 1 aromatic heterocycles. The molecule has 1 aromatic rings. The van der Waals surface area contributed by atoms with E-state index < -0.39 is 0 Å². The highest BCUT2D eigenvalue weighted by atomic mass is 79.9. The average Bonchev–Trinajstić information content (AvgIpc) is 2.15. The van der Waals surface area contributed by atoms with E-state index in [1.165, 1.54) is 13.1 Å². The summed E-state index contributed by atoms with van der Waals surface area (Å²) >= 11 is 3.21. The fraction of sp³-hybridized carbons (Fsp3) is 0.222. The maximum absolute atomic E-state index is 11.3. The summed E-state index contributed by atoms with van der Waals surface area (Å²) in [6.07, 6.45) is 1.53. The van der Waals surface area contributed by atoms with Gasteiger partial charge in [0.1, 0.15) is 11.5 Å². The molecule has 74 valence electrons. The molecule has 0 aromatic carbocycles. The van der Waals surface area contributed by atoms with Gasteiger partial charge in [0.25, 0.3) is 5.91 Å². The van der Waals surface area contributed by atoms with Gasteiger partial charge in [-0.1, -0.05) is 0 Å². The number of aromatic nitrogens is 1. The minimum absolute atomic E-state index is 0.0383. The number of ketones is 1. The maximum atomic E-state index is 11.3. The molecule has 0 saturated heterocycles. The first kappa shape index (κ1) is 10.8. The molecule has 1 N–H and O–H groups in total. The number of Topliss-reactive ketones (excluding diaryl/α,β-unsaturated/α-hetero) is 1. The van der Waals surface area contributed by atoms with Crippen molar-refractivity contribution in [3.8, 4) is 0 Å². The Morgan fingerprint density at radius 3 is 2.71 bits per heavy atom. The molecule has 0 bridgehead atoms. The fourth-order valence-corrected chi connectivity index (χ4v) is 1.04. The summed E-state index contributed by atoms with van der Waals surface area (Å²) in [4.78, 5) is 25.8. The molecule has 0 radical (unpaired) electrons. The molecule has 0 unspecified atom stereocenters. The number of halogens is 1. The topological polar surface area (TPSA) is 59.1 Å². The Morgan fingerprint density at radius 1 is 1.50 bits per heavy atom. The van der Waals surface area contributed by atoms with Gasteiger partial charge < -0.3 is 5.32 Å². The molecule has 5 heteroatoms. The van der Waals surface area contributed by atoms with Crippen LogP contribution in [0, 0.1) is 0 Å². The third-order valence-electron chi connectivity index (χ3n) is 1.46. The van der Waals surface area contributed by atoms with Gasteiger partial charge in [-0.2, -0.15) is 0 Å². The number of carbonyl (C=O) groups excluding carboxylic acids is 2. The van der Waals surface area contributed by atoms with Crippen molar-refractivity contribution in [2.75, 3.05) is 6.54 Å². The van der Waals surface area contributed by atoms with Crippen molar-refractivity contribution in [3.63, 3.8) is 0 Å². The zero-order valence-electron chi connectivity index (χ0n) is 7.58. The second-order valence-corrected chi connectivity index (χ2v) is 3.66. The van der Waals surface area contributed by atoms with Crippen LogP contribution in [0.2, 0.25) is 0 Å². The molecule has 0 spiro atoms. The molecule has 1 amide bonds. The SMILES string of the molecule is CC(=O)CNC(=O)c1ccc(Br)cn1. The lowest BCUT2D eigenvalue weighted by molar-refractivity contribution is -0.116. The van der Waals surface area contributed by atoms with E-state index in [1.807, 2.05) is 0 Å². The molecule has 1 rings (SSSR count). The minimum Gasteiger partial charge on any atom is -0.344 e. The Bertz CT molecular complexity index is 348. The number of nitrogens with one attached hydrogen (secondary N) is 1. The lowest BCUT2D eigenvalue weighted by Crippen LogP contribution is -2.28. The van der Waals surface area contributed by atoms with Gasteiger partial charge in [-0.3, -0.25) is 9.59 Å². The summed E-state index contributed by atoms with van der Waals surface area (Å²) < 4.78 is 0.806. The van der Waals surface area contributed by atoms with Crippen molar-refractivity contribution in [2.24, 2.45) is 0 Å². The van der Waals surface area contributed by atoms with Crippen molar-refractivity contribution in [1.29, 1.82) is 0 Å². The second kappa shape index (κ2) is 4.85. The number of pyridine rings is 1. The Morgan fingerprint density at radius 2 is 2.21 bits per heavy atom. The second-order valence-electron chi connectivity index (χ2n) is 2.75.